The highest BCUT2D eigenvalue weighted by atomic mass is 16.1. The van der Waals surface area contributed by atoms with E-state index in [1.54, 1.807) is 12.4 Å². The molecule has 1 aliphatic heterocycles. The van der Waals surface area contributed by atoms with Crippen LogP contribution in [-0.4, -0.2) is 29.0 Å². The minimum atomic E-state index is 0.0858. The minimum Gasteiger partial charge on any atom is -0.326 e. The Balaban J connectivity index is 1.53. The van der Waals surface area contributed by atoms with Crippen molar-refractivity contribution >= 4 is 11.6 Å². The van der Waals surface area contributed by atoms with E-state index in [4.69, 9.17) is 0 Å². The standard InChI is InChI=1S/C17H20N4O/c22-17(6-1-13-7-8-18-9-13)21-16-4-2-14(3-5-16)15-10-19-12-20-11-15/h2-5,10-13,18H,1,6-9H2,(H,21,22). The first kappa shape index (κ1) is 14.7. The number of anilines is 1. The molecule has 2 aromatic rings. The fourth-order valence-electron chi connectivity index (χ4n) is 2.71. The number of hydrogen-bond acceptors (Lipinski definition) is 4. The number of amides is 1. The first-order valence-corrected chi connectivity index (χ1v) is 7.67. The van der Waals surface area contributed by atoms with Crippen LogP contribution in [0.4, 0.5) is 5.69 Å². The highest BCUT2D eigenvalue weighted by Gasteiger charge is 2.15. The largest absolute Gasteiger partial charge is 0.326 e. The lowest BCUT2D eigenvalue weighted by Crippen LogP contribution is -2.14. The van der Waals surface area contributed by atoms with E-state index < -0.39 is 0 Å². The van der Waals surface area contributed by atoms with E-state index in [0.717, 1.165) is 36.3 Å². The maximum atomic E-state index is 12.0. The van der Waals surface area contributed by atoms with Gasteiger partial charge in [0, 0.05) is 30.1 Å². The number of hydrogen-bond donors (Lipinski definition) is 2. The first-order valence-electron chi connectivity index (χ1n) is 7.67. The molecular formula is C17H20N4O. The zero-order valence-corrected chi connectivity index (χ0v) is 12.5. The Hall–Kier alpha value is -2.27. The molecule has 0 bridgehead atoms. The van der Waals surface area contributed by atoms with E-state index in [9.17, 15) is 4.79 Å². The van der Waals surface area contributed by atoms with Gasteiger partial charge in [-0.1, -0.05) is 12.1 Å². The van der Waals surface area contributed by atoms with E-state index in [2.05, 4.69) is 20.6 Å². The molecule has 3 rings (SSSR count). The highest BCUT2D eigenvalue weighted by Crippen LogP contribution is 2.20. The summed E-state index contributed by atoms with van der Waals surface area (Å²) < 4.78 is 0. The zero-order chi connectivity index (χ0) is 15.2. The number of carbonyl (C=O) groups is 1. The van der Waals surface area contributed by atoms with E-state index >= 15 is 0 Å². The molecule has 1 unspecified atom stereocenters. The van der Waals surface area contributed by atoms with Gasteiger partial charge in [0.1, 0.15) is 6.33 Å². The Morgan fingerprint density at radius 2 is 1.95 bits per heavy atom. The molecule has 0 aliphatic carbocycles. The number of benzene rings is 1. The normalized spacial score (nSPS) is 17.4. The molecule has 1 amide bonds. The number of aromatic nitrogens is 2. The average molecular weight is 296 g/mol. The summed E-state index contributed by atoms with van der Waals surface area (Å²) in [5.41, 5.74) is 2.83. The molecule has 1 aliphatic rings. The zero-order valence-electron chi connectivity index (χ0n) is 12.5. The summed E-state index contributed by atoms with van der Waals surface area (Å²) in [6.45, 7) is 2.12. The Morgan fingerprint density at radius 1 is 1.18 bits per heavy atom. The number of nitrogens with one attached hydrogen (secondary N) is 2. The Bertz CT molecular complexity index is 606. The summed E-state index contributed by atoms with van der Waals surface area (Å²) in [5.74, 6) is 0.730. The lowest BCUT2D eigenvalue weighted by atomic mass is 10.0. The summed E-state index contributed by atoms with van der Waals surface area (Å²) in [5, 5.41) is 6.28. The molecule has 114 valence electrons. The molecule has 2 N–H and O–H groups in total. The fourth-order valence-corrected chi connectivity index (χ4v) is 2.71. The monoisotopic (exact) mass is 296 g/mol. The van der Waals surface area contributed by atoms with Gasteiger partial charge >= 0.3 is 0 Å². The van der Waals surface area contributed by atoms with Gasteiger partial charge in [-0.15, -0.1) is 0 Å². The van der Waals surface area contributed by atoms with E-state index in [1.165, 1.54) is 12.7 Å². The Kier molecular flexibility index (Phi) is 4.75. The lowest BCUT2D eigenvalue weighted by Gasteiger charge is -2.09. The molecule has 22 heavy (non-hydrogen) atoms. The van der Waals surface area contributed by atoms with Crippen LogP contribution >= 0.6 is 0 Å². The summed E-state index contributed by atoms with van der Waals surface area (Å²) in [6, 6.07) is 7.76. The van der Waals surface area contributed by atoms with Crippen LogP contribution in [0.5, 0.6) is 0 Å². The lowest BCUT2D eigenvalue weighted by molar-refractivity contribution is -0.116. The third-order valence-electron chi connectivity index (χ3n) is 4.00. The second-order valence-electron chi connectivity index (χ2n) is 5.65. The third kappa shape index (κ3) is 3.89. The Labute approximate surface area is 130 Å². The maximum absolute atomic E-state index is 12.0. The van der Waals surface area contributed by atoms with Crippen LogP contribution in [-0.2, 0) is 4.79 Å². The van der Waals surface area contributed by atoms with Gasteiger partial charge in [-0.25, -0.2) is 9.97 Å². The van der Waals surface area contributed by atoms with Crippen LogP contribution < -0.4 is 10.6 Å². The number of rotatable bonds is 5. The smallest absolute Gasteiger partial charge is 0.224 e. The van der Waals surface area contributed by atoms with E-state index in [0.29, 0.717) is 12.3 Å². The third-order valence-corrected chi connectivity index (χ3v) is 4.00. The maximum Gasteiger partial charge on any atom is 0.224 e. The van der Waals surface area contributed by atoms with E-state index in [1.807, 2.05) is 24.3 Å². The van der Waals surface area contributed by atoms with Crippen LogP contribution in [0.1, 0.15) is 19.3 Å². The van der Waals surface area contributed by atoms with Crippen molar-refractivity contribution in [1.29, 1.82) is 0 Å². The molecule has 1 saturated heterocycles. The molecule has 0 spiro atoms. The van der Waals surface area contributed by atoms with E-state index in [-0.39, 0.29) is 5.91 Å². The summed E-state index contributed by atoms with van der Waals surface area (Å²) >= 11 is 0. The molecular weight excluding hydrogens is 276 g/mol. The summed E-state index contributed by atoms with van der Waals surface area (Å²) in [6.07, 6.45) is 7.78. The molecule has 1 atom stereocenters. The van der Waals surface area contributed by atoms with Crippen molar-refractivity contribution < 1.29 is 4.79 Å². The number of nitrogens with zero attached hydrogens (tertiary/aromatic N) is 2. The molecule has 1 aromatic heterocycles. The van der Waals surface area contributed by atoms with Gasteiger partial charge in [-0.05, 0) is 49.5 Å². The molecule has 1 aromatic carbocycles. The molecule has 1 fully saturated rings. The van der Waals surface area contributed by atoms with Gasteiger partial charge in [0.25, 0.3) is 0 Å². The van der Waals surface area contributed by atoms with Gasteiger partial charge in [-0.3, -0.25) is 4.79 Å². The van der Waals surface area contributed by atoms with Gasteiger partial charge in [-0.2, -0.15) is 0 Å². The van der Waals surface area contributed by atoms with Crippen LogP contribution in [0.15, 0.2) is 43.0 Å². The van der Waals surface area contributed by atoms with Crippen molar-refractivity contribution in [3.63, 3.8) is 0 Å². The topological polar surface area (TPSA) is 66.9 Å². The van der Waals surface area contributed by atoms with Crippen molar-refractivity contribution in [3.05, 3.63) is 43.0 Å². The van der Waals surface area contributed by atoms with Gasteiger partial charge < -0.3 is 10.6 Å². The SMILES string of the molecule is O=C(CCC1CCNC1)Nc1ccc(-c2cncnc2)cc1. The second-order valence-corrected chi connectivity index (χ2v) is 5.65. The van der Waals surface area contributed by atoms with Crippen molar-refractivity contribution in [2.75, 3.05) is 18.4 Å². The van der Waals surface area contributed by atoms with Gasteiger partial charge in [0.05, 0.1) is 0 Å². The van der Waals surface area contributed by atoms with Crippen LogP contribution in [0.3, 0.4) is 0 Å². The predicted molar refractivity (Wildman–Crippen MR) is 86.3 cm³/mol. The fraction of sp³-hybridized carbons (Fsp3) is 0.353. The quantitative estimate of drug-likeness (QED) is 0.889. The second kappa shape index (κ2) is 7.13. The molecule has 0 saturated carbocycles. The summed E-state index contributed by atoms with van der Waals surface area (Å²) in [4.78, 5) is 20.0. The van der Waals surface area contributed by atoms with Crippen molar-refractivity contribution in [2.45, 2.75) is 19.3 Å². The first-order chi connectivity index (χ1) is 10.8. The average Bonchev–Trinajstić information content (AvgIpc) is 3.08. The predicted octanol–water partition coefficient (Wildman–Crippen LogP) is 2.47. The van der Waals surface area contributed by atoms with Crippen molar-refractivity contribution in [3.8, 4) is 11.1 Å². The number of carbonyl (C=O) groups excluding carboxylic acids is 1. The highest BCUT2D eigenvalue weighted by molar-refractivity contribution is 5.90. The van der Waals surface area contributed by atoms with Crippen LogP contribution in [0, 0.1) is 5.92 Å². The molecule has 5 nitrogen and oxygen atoms in total. The Morgan fingerprint density at radius 3 is 2.64 bits per heavy atom. The van der Waals surface area contributed by atoms with Crippen LogP contribution in [0.2, 0.25) is 0 Å². The van der Waals surface area contributed by atoms with Gasteiger partial charge in [0.15, 0.2) is 0 Å². The van der Waals surface area contributed by atoms with Crippen molar-refractivity contribution in [2.24, 2.45) is 5.92 Å². The van der Waals surface area contributed by atoms with Crippen molar-refractivity contribution in [1.82, 2.24) is 15.3 Å². The molecule has 0 radical (unpaired) electrons. The van der Waals surface area contributed by atoms with Crippen LogP contribution in [0.25, 0.3) is 11.1 Å². The summed E-state index contributed by atoms with van der Waals surface area (Å²) in [7, 11) is 0. The molecule has 5 heteroatoms. The van der Waals surface area contributed by atoms with Gasteiger partial charge in [0.2, 0.25) is 5.91 Å². The minimum absolute atomic E-state index is 0.0858. The molecule has 2 heterocycles.